The Balaban J connectivity index is 1.47. The number of hydrazone groups is 1. The summed E-state index contributed by atoms with van der Waals surface area (Å²) in [6.45, 7) is 0. The zero-order valence-electron chi connectivity index (χ0n) is 18.8. The van der Waals surface area contributed by atoms with Gasteiger partial charge in [0.2, 0.25) is 0 Å². The van der Waals surface area contributed by atoms with Crippen molar-refractivity contribution in [1.82, 2.24) is 5.43 Å². The predicted molar refractivity (Wildman–Crippen MR) is 133 cm³/mol. The van der Waals surface area contributed by atoms with E-state index in [1.165, 1.54) is 49.7 Å². The number of amides is 1. The lowest BCUT2D eigenvalue weighted by molar-refractivity contribution is -0.385. The average molecular weight is 506 g/mol. The molecule has 11 heteroatoms. The Morgan fingerprint density at radius 1 is 0.944 bits per heavy atom. The molecule has 36 heavy (non-hydrogen) atoms. The molecule has 0 bridgehead atoms. The van der Waals surface area contributed by atoms with Crippen LogP contribution in [0, 0.1) is 10.1 Å². The zero-order valence-corrected chi connectivity index (χ0v) is 19.6. The van der Waals surface area contributed by atoms with Gasteiger partial charge in [-0.2, -0.15) is 13.5 Å². The van der Waals surface area contributed by atoms with Gasteiger partial charge in [0.25, 0.3) is 11.6 Å². The van der Waals surface area contributed by atoms with Crippen LogP contribution in [0.15, 0.2) is 94.9 Å². The van der Waals surface area contributed by atoms with Gasteiger partial charge in [0.1, 0.15) is 4.90 Å². The fourth-order valence-corrected chi connectivity index (χ4v) is 4.29. The number of nitro benzene ring substituents is 1. The summed E-state index contributed by atoms with van der Waals surface area (Å²) in [4.78, 5) is 22.3. The Labute approximate surface area is 206 Å². The van der Waals surface area contributed by atoms with Crippen LogP contribution < -0.4 is 14.3 Å². The van der Waals surface area contributed by atoms with E-state index in [2.05, 4.69) is 10.5 Å². The molecule has 0 heterocycles. The molecule has 0 radical (unpaired) electrons. The first kappa shape index (κ1) is 24.4. The van der Waals surface area contributed by atoms with Gasteiger partial charge >= 0.3 is 10.1 Å². The molecule has 0 aliphatic carbocycles. The molecule has 0 spiro atoms. The number of fused-ring (bicyclic) bond motifs is 1. The van der Waals surface area contributed by atoms with Gasteiger partial charge in [-0.15, -0.1) is 0 Å². The number of ether oxygens (including phenoxy) is 1. The number of hydrogen-bond donors (Lipinski definition) is 1. The number of nitrogens with zero attached hydrogens (tertiary/aromatic N) is 2. The van der Waals surface area contributed by atoms with Crippen molar-refractivity contribution < 1.29 is 27.1 Å². The SMILES string of the molecule is COc1cc(/C=N\NC(=O)c2ccc3ccccc3c2)ccc1OS(=O)(=O)c1cccc([N+](=O)[O-])c1. The maximum atomic E-state index is 12.6. The minimum atomic E-state index is -4.36. The number of nitro groups is 1. The van der Waals surface area contributed by atoms with Crippen LogP contribution in [-0.2, 0) is 10.1 Å². The van der Waals surface area contributed by atoms with E-state index >= 15 is 0 Å². The third-order valence-corrected chi connectivity index (χ3v) is 6.33. The molecular weight excluding hydrogens is 486 g/mol. The Bertz CT molecular complexity index is 1600. The summed E-state index contributed by atoms with van der Waals surface area (Å²) in [5.74, 6) is -0.442. The second kappa shape index (κ2) is 10.2. The number of hydrogen-bond acceptors (Lipinski definition) is 8. The highest BCUT2D eigenvalue weighted by Crippen LogP contribution is 2.31. The molecule has 10 nitrogen and oxygen atoms in total. The van der Waals surface area contributed by atoms with Crippen molar-refractivity contribution >= 4 is 38.7 Å². The van der Waals surface area contributed by atoms with Crippen LogP contribution >= 0.6 is 0 Å². The summed E-state index contributed by atoms with van der Waals surface area (Å²) < 4.78 is 35.6. The highest BCUT2D eigenvalue weighted by molar-refractivity contribution is 7.87. The van der Waals surface area contributed by atoms with E-state index in [0.29, 0.717) is 11.1 Å². The number of nitrogens with one attached hydrogen (secondary N) is 1. The van der Waals surface area contributed by atoms with Crippen LogP contribution in [0.25, 0.3) is 10.8 Å². The Morgan fingerprint density at radius 2 is 1.72 bits per heavy atom. The van der Waals surface area contributed by atoms with Gasteiger partial charge in [0.05, 0.1) is 18.2 Å². The van der Waals surface area contributed by atoms with E-state index in [9.17, 15) is 23.3 Å². The summed E-state index contributed by atoms with van der Waals surface area (Å²) in [5.41, 5.74) is 3.00. The highest BCUT2D eigenvalue weighted by Gasteiger charge is 2.22. The van der Waals surface area contributed by atoms with E-state index in [4.69, 9.17) is 8.92 Å². The second-order valence-corrected chi connectivity index (χ2v) is 9.01. The minimum Gasteiger partial charge on any atom is -0.493 e. The van der Waals surface area contributed by atoms with E-state index in [1.807, 2.05) is 30.3 Å². The van der Waals surface area contributed by atoms with Crippen LogP contribution in [0.4, 0.5) is 5.69 Å². The molecule has 182 valence electrons. The van der Waals surface area contributed by atoms with Gasteiger partial charge in [-0.1, -0.05) is 36.4 Å². The Morgan fingerprint density at radius 3 is 2.47 bits per heavy atom. The van der Waals surface area contributed by atoms with Gasteiger partial charge in [-0.25, -0.2) is 5.43 Å². The van der Waals surface area contributed by atoms with Gasteiger partial charge in [0, 0.05) is 17.7 Å². The first-order valence-electron chi connectivity index (χ1n) is 10.5. The summed E-state index contributed by atoms with van der Waals surface area (Å²) >= 11 is 0. The molecule has 4 aromatic carbocycles. The summed E-state index contributed by atoms with van der Waals surface area (Å²) in [5, 5.41) is 16.8. The number of methoxy groups -OCH3 is 1. The largest absolute Gasteiger partial charge is 0.493 e. The predicted octanol–water partition coefficient (Wildman–Crippen LogP) is 4.29. The lowest BCUT2D eigenvalue weighted by Crippen LogP contribution is -2.17. The number of rotatable bonds is 8. The molecule has 0 aliphatic rings. The second-order valence-electron chi connectivity index (χ2n) is 7.46. The fourth-order valence-electron chi connectivity index (χ4n) is 3.31. The lowest BCUT2D eigenvalue weighted by Gasteiger charge is -2.11. The third kappa shape index (κ3) is 5.47. The van der Waals surface area contributed by atoms with E-state index in [0.717, 1.165) is 16.8 Å². The van der Waals surface area contributed by atoms with Crippen molar-refractivity contribution in [2.45, 2.75) is 4.90 Å². The molecule has 0 saturated carbocycles. The van der Waals surface area contributed by atoms with Crippen molar-refractivity contribution in [2.75, 3.05) is 7.11 Å². The first-order valence-corrected chi connectivity index (χ1v) is 11.9. The Kier molecular flexibility index (Phi) is 6.93. The quantitative estimate of drug-likeness (QED) is 0.163. The van der Waals surface area contributed by atoms with Crippen molar-refractivity contribution in [3.8, 4) is 11.5 Å². The van der Waals surface area contributed by atoms with E-state index < -0.39 is 20.9 Å². The summed E-state index contributed by atoms with van der Waals surface area (Å²) in [6.07, 6.45) is 1.36. The zero-order chi connectivity index (χ0) is 25.7. The number of non-ortho nitro benzene ring substituents is 1. The molecule has 0 unspecified atom stereocenters. The molecule has 1 amide bonds. The van der Waals surface area contributed by atoms with Crippen molar-refractivity contribution in [3.05, 3.63) is 106 Å². The van der Waals surface area contributed by atoms with E-state index in [-0.39, 0.29) is 22.1 Å². The van der Waals surface area contributed by atoms with Crippen molar-refractivity contribution in [3.63, 3.8) is 0 Å². The van der Waals surface area contributed by atoms with Crippen LogP contribution in [0.2, 0.25) is 0 Å². The molecule has 0 atom stereocenters. The maximum absolute atomic E-state index is 12.6. The molecule has 0 fully saturated rings. The van der Waals surface area contributed by atoms with Crippen molar-refractivity contribution in [2.24, 2.45) is 5.10 Å². The molecule has 1 N–H and O–H groups in total. The van der Waals surface area contributed by atoms with Gasteiger partial charge < -0.3 is 8.92 Å². The average Bonchev–Trinajstić information content (AvgIpc) is 2.89. The molecule has 4 aromatic rings. The molecule has 0 aromatic heterocycles. The standard InChI is InChI=1S/C25H19N3O7S/c1-34-24-13-17(16-26-27-25(29)20-11-10-18-5-2-3-6-19(18)14-20)9-12-23(24)35-36(32,33)22-8-4-7-21(15-22)28(30)31/h2-16H,1H3,(H,27,29)/b26-16-. The van der Waals surface area contributed by atoms with Crippen LogP contribution in [0.1, 0.15) is 15.9 Å². The van der Waals surface area contributed by atoms with Crippen LogP contribution in [-0.4, -0.2) is 32.6 Å². The van der Waals surface area contributed by atoms with Gasteiger partial charge in [-0.3, -0.25) is 14.9 Å². The Hall–Kier alpha value is -4.77. The normalized spacial score (nSPS) is 11.4. The lowest BCUT2D eigenvalue weighted by atomic mass is 10.1. The van der Waals surface area contributed by atoms with Crippen LogP contribution in [0.5, 0.6) is 11.5 Å². The number of carbonyl (C=O) groups excluding carboxylic acids is 1. The fraction of sp³-hybridized carbons (Fsp3) is 0.0400. The monoisotopic (exact) mass is 505 g/mol. The van der Waals surface area contributed by atoms with E-state index in [1.54, 1.807) is 12.1 Å². The number of carbonyl (C=O) groups is 1. The maximum Gasteiger partial charge on any atom is 0.339 e. The first-order chi connectivity index (χ1) is 17.3. The smallest absolute Gasteiger partial charge is 0.339 e. The molecular formula is C25H19N3O7S. The molecule has 4 rings (SSSR count). The van der Waals surface area contributed by atoms with Crippen LogP contribution in [0.3, 0.4) is 0 Å². The van der Waals surface area contributed by atoms with Gasteiger partial charge in [0.15, 0.2) is 11.5 Å². The topological polar surface area (TPSA) is 137 Å². The summed E-state index contributed by atoms with van der Waals surface area (Å²) in [6, 6.07) is 21.8. The van der Waals surface area contributed by atoms with Crippen molar-refractivity contribution in [1.29, 1.82) is 0 Å². The summed E-state index contributed by atoms with van der Waals surface area (Å²) in [7, 11) is -3.04. The molecule has 0 saturated heterocycles. The third-order valence-electron chi connectivity index (χ3n) is 5.10. The number of benzene rings is 4. The highest BCUT2D eigenvalue weighted by atomic mass is 32.2. The molecule has 0 aliphatic heterocycles. The minimum absolute atomic E-state index is 0.0776. The van der Waals surface area contributed by atoms with Gasteiger partial charge in [-0.05, 0) is 52.7 Å².